The molecule has 2 nitrogen and oxygen atoms in total. The van der Waals surface area contributed by atoms with Crippen LogP contribution in [0.25, 0.3) is 0 Å². The molecule has 122 valence electrons. The number of carbonyl (C=O) groups is 1. The molecule has 1 amide bonds. The number of nitrogens with one attached hydrogen (secondary N) is 1. The zero-order valence-corrected chi connectivity index (χ0v) is 15.4. The maximum Gasteiger partial charge on any atom is 0.230 e. The van der Waals surface area contributed by atoms with Crippen molar-refractivity contribution in [2.75, 3.05) is 5.75 Å². The van der Waals surface area contributed by atoms with E-state index in [1.807, 2.05) is 56.3 Å². The van der Waals surface area contributed by atoms with Crippen molar-refractivity contribution in [2.24, 2.45) is 0 Å². The minimum absolute atomic E-state index is 0.00579. The average molecular weight is 368 g/mol. The smallest absolute Gasteiger partial charge is 0.230 e. The van der Waals surface area contributed by atoms with Gasteiger partial charge in [0.25, 0.3) is 0 Å². The monoisotopic (exact) mass is 367 g/mol. The second-order valence-electron chi connectivity index (χ2n) is 5.39. The molecule has 2 rings (SSSR count). The molecule has 2 aromatic carbocycles. The third kappa shape index (κ3) is 5.45. The number of halogens is 2. The van der Waals surface area contributed by atoms with Gasteiger partial charge >= 0.3 is 0 Å². The number of thioether (sulfide) groups is 1. The fourth-order valence-corrected chi connectivity index (χ4v) is 3.71. The summed E-state index contributed by atoms with van der Waals surface area (Å²) in [5.41, 5.74) is 3.18. The summed E-state index contributed by atoms with van der Waals surface area (Å²) in [6.07, 6.45) is 0. The molecule has 0 aliphatic carbocycles. The number of hydrogen-bond donors (Lipinski definition) is 1. The van der Waals surface area contributed by atoms with Crippen LogP contribution in [0.4, 0.5) is 0 Å². The third-order valence-corrected chi connectivity index (χ3v) is 5.16. The third-order valence-electron chi connectivity index (χ3n) is 3.50. The van der Waals surface area contributed by atoms with Crippen LogP contribution in [0.15, 0.2) is 42.5 Å². The molecule has 1 atom stereocenters. The van der Waals surface area contributed by atoms with Crippen LogP contribution in [0.3, 0.4) is 0 Å². The van der Waals surface area contributed by atoms with Gasteiger partial charge in [-0.3, -0.25) is 4.79 Å². The summed E-state index contributed by atoms with van der Waals surface area (Å²) < 4.78 is 0. The van der Waals surface area contributed by atoms with Crippen molar-refractivity contribution >= 4 is 40.9 Å². The predicted molar refractivity (Wildman–Crippen MR) is 100 cm³/mol. The van der Waals surface area contributed by atoms with Gasteiger partial charge in [0.05, 0.1) is 11.8 Å². The molecule has 0 aromatic heterocycles. The average Bonchev–Trinajstić information content (AvgIpc) is 2.51. The van der Waals surface area contributed by atoms with Gasteiger partial charge in [0.15, 0.2) is 0 Å². The first-order valence-corrected chi connectivity index (χ1v) is 9.25. The molecule has 0 saturated heterocycles. The largest absolute Gasteiger partial charge is 0.349 e. The molecular weight excluding hydrogens is 349 g/mol. The normalized spacial score (nSPS) is 12.0. The Balaban J connectivity index is 1.82. The lowest BCUT2D eigenvalue weighted by molar-refractivity contribution is -0.119. The Hall–Kier alpha value is -1.16. The Morgan fingerprint density at radius 2 is 1.74 bits per heavy atom. The molecule has 0 heterocycles. The summed E-state index contributed by atoms with van der Waals surface area (Å²) in [6.45, 7) is 4.03. The van der Waals surface area contributed by atoms with Gasteiger partial charge in [0, 0.05) is 15.8 Å². The minimum atomic E-state index is -0.00685. The Labute approximate surface area is 151 Å². The van der Waals surface area contributed by atoms with Crippen LogP contribution < -0.4 is 5.32 Å². The van der Waals surface area contributed by atoms with Crippen LogP contribution in [0.2, 0.25) is 10.0 Å². The first kappa shape index (κ1) is 18.2. The molecule has 0 bridgehead atoms. The van der Waals surface area contributed by atoms with Crippen molar-refractivity contribution < 1.29 is 4.79 Å². The second kappa shape index (κ2) is 8.62. The van der Waals surface area contributed by atoms with Gasteiger partial charge < -0.3 is 5.32 Å². The van der Waals surface area contributed by atoms with E-state index in [1.165, 1.54) is 17.3 Å². The molecule has 0 saturated carbocycles. The maximum atomic E-state index is 12.1. The van der Waals surface area contributed by atoms with Crippen molar-refractivity contribution in [2.45, 2.75) is 25.6 Å². The highest BCUT2D eigenvalue weighted by atomic mass is 35.5. The Morgan fingerprint density at radius 1 is 1.13 bits per heavy atom. The van der Waals surface area contributed by atoms with Crippen LogP contribution in [0, 0.1) is 6.92 Å². The van der Waals surface area contributed by atoms with E-state index < -0.39 is 0 Å². The fraction of sp³-hybridized carbons (Fsp3) is 0.278. The number of amides is 1. The lowest BCUT2D eigenvalue weighted by Gasteiger charge is -2.14. The molecule has 0 aliphatic rings. The number of aryl methyl sites for hydroxylation is 1. The number of hydrogen-bond acceptors (Lipinski definition) is 2. The zero-order chi connectivity index (χ0) is 16.8. The number of carbonyl (C=O) groups excluding carboxylic acids is 1. The van der Waals surface area contributed by atoms with Crippen molar-refractivity contribution in [3.05, 3.63) is 69.2 Å². The molecular formula is C18H19Cl2NOS. The molecule has 23 heavy (non-hydrogen) atoms. The van der Waals surface area contributed by atoms with E-state index in [-0.39, 0.29) is 11.9 Å². The van der Waals surface area contributed by atoms with Gasteiger partial charge in [-0.1, -0.05) is 59.1 Å². The second-order valence-corrected chi connectivity index (χ2v) is 7.19. The van der Waals surface area contributed by atoms with Crippen LogP contribution >= 0.6 is 35.0 Å². The Bertz CT molecular complexity index is 653. The van der Waals surface area contributed by atoms with Gasteiger partial charge in [-0.2, -0.15) is 0 Å². The lowest BCUT2D eigenvalue weighted by Crippen LogP contribution is -2.28. The molecule has 0 aliphatic heterocycles. The van der Waals surface area contributed by atoms with Gasteiger partial charge in [0.1, 0.15) is 0 Å². The highest BCUT2D eigenvalue weighted by molar-refractivity contribution is 7.99. The summed E-state index contributed by atoms with van der Waals surface area (Å²) >= 11 is 13.7. The number of benzene rings is 2. The van der Waals surface area contributed by atoms with E-state index in [9.17, 15) is 4.79 Å². The summed E-state index contributed by atoms with van der Waals surface area (Å²) in [5.74, 6) is 0.994. The van der Waals surface area contributed by atoms with Crippen molar-refractivity contribution in [1.29, 1.82) is 0 Å². The van der Waals surface area contributed by atoms with Gasteiger partial charge in [-0.05, 0) is 37.1 Å². The molecule has 0 unspecified atom stereocenters. The van der Waals surface area contributed by atoms with Crippen LogP contribution in [0.5, 0.6) is 0 Å². The highest BCUT2D eigenvalue weighted by Crippen LogP contribution is 2.28. The first-order chi connectivity index (χ1) is 11.0. The Morgan fingerprint density at radius 3 is 2.35 bits per heavy atom. The van der Waals surface area contributed by atoms with Crippen LogP contribution in [-0.2, 0) is 10.5 Å². The molecule has 1 N–H and O–H groups in total. The quantitative estimate of drug-likeness (QED) is 0.738. The van der Waals surface area contributed by atoms with Crippen LogP contribution in [0.1, 0.15) is 29.7 Å². The topological polar surface area (TPSA) is 29.1 Å². The van der Waals surface area contributed by atoms with E-state index in [0.29, 0.717) is 21.6 Å². The number of rotatable bonds is 6. The van der Waals surface area contributed by atoms with E-state index >= 15 is 0 Å². The first-order valence-electron chi connectivity index (χ1n) is 7.34. The lowest BCUT2D eigenvalue weighted by atomic mass is 10.1. The highest BCUT2D eigenvalue weighted by Gasteiger charge is 2.11. The van der Waals surface area contributed by atoms with E-state index in [1.54, 1.807) is 0 Å². The predicted octanol–water partition coefficient (Wildman–Crippen LogP) is 5.41. The summed E-state index contributed by atoms with van der Waals surface area (Å²) in [6, 6.07) is 13.6. The maximum absolute atomic E-state index is 12.1. The van der Waals surface area contributed by atoms with Gasteiger partial charge in [-0.25, -0.2) is 0 Å². The molecule has 5 heteroatoms. The minimum Gasteiger partial charge on any atom is -0.349 e. The van der Waals surface area contributed by atoms with Crippen LogP contribution in [-0.4, -0.2) is 11.7 Å². The van der Waals surface area contributed by atoms with Gasteiger partial charge in [-0.15, -0.1) is 11.8 Å². The Kier molecular flexibility index (Phi) is 6.82. The van der Waals surface area contributed by atoms with Crippen molar-refractivity contribution in [3.63, 3.8) is 0 Å². The molecule has 2 aromatic rings. The van der Waals surface area contributed by atoms with E-state index in [0.717, 1.165) is 11.1 Å². The standard InChI is InChI=1S/C18H19Cl2NOS/c1-12-6-8-14(9-7-12)13(2)21-18(22)11-23-10-15-16(19)4-3-5-17(15)20/h3-9,13H,10-11H2,1-2H3,(H,21,22)/t13-/m0/s1. The zero-order valence-electron chi connectivity index (χ0n) is 13.1. The summed E-state index contributed by atoms with van der Waals surface area (Å²) in [5, 5.41) is 4.28. The molecule has 0 spiro atoms. The van der Waals surface area contributed by atoms with E-state index in [4.69, 9.17) is 23.2 Å². The molecule has 0 radical (unpaired) electrons. The summed E-state index contributed by atoms with van der Waals surface area (Å²) in [7, 11) is 0. The van der Waals surface area contributed by atoms with Gasteiger partial charge in [0.2, 0.25) is 5.91 Å². The summed E-state index contributed by atoms with van der Waals surface area (Å²) in [4.78, 5) is 12.1. The van der Waals surface area contributed by atoms with Crippen molar-refractivity contribution in [1.82, 2.24) is 5.32 Å². The van der Waals surface area contributed by atoms with E-state index in [2.05, 4.69) is 5.32 Å². The molecule has 0 fully saturated rings. The SMILES string of the molecule is Cc1ccc([C@H](C)NC(=O)CSCc2c(Cl)cccc2Cl)cc1. The fourth-order valence-electron chi connectivity index (χ4n) is 2.14. The van der Waals surface area contributed by atoms with Crippen molar-refractivity contribution in [3.8, 4) is 0 Å².